The van der Waals surface area contributed by atoms with E-state index in [-0.39, 0.29) is 6.61 Å². The van der Waals surface area contributed by atoms with E-state index < -0.39 is 5.91 Å². The molecule has 3 N–H and O–H groups in total. The number of rotatable bonds is 2. The minimum absolute atomic E-state index is 0.118. The van der Waals surface area contributed by atoms with E-state index in [2.05, 4.69) is 4.98 Å². The van der Waals surface area contributed by atoms with Gasteiger partial charge in [0.1, 0.15) is 0 Å². The zero-order valence-corrected chi connectivity index (χ0v) is 8.97. The largest absolute Gasteiger partial charge is 0.392 e. The van der Waals surface area contributed by atoms with E-state index in [4.69, 9.17) is 10.8 Å². The van der Waals surface area contributed by atoms with Gasteiger partial charge in [0.15, 0.2) is 0 Å². The van der Waals surface area contributed by atoms with Gasteiger partial charge >= 0.3 is 0 Å². The molecule has 1 aromatic heterocycles. The van der Waals surface area contributed by atoms with Crippen LogP contribution in [0.5, 0.6) is 0 Å². The zero-order chi connectivity index (χ0) is 11.0. The third-order valence-electron chi connectivity index (χ3n) is 2.10. The van der Waals surface area contributed by atoms with Crippen LogP contribution in [0.3, 0.4) is 0 Å². The summed E-state index contributed by atoms with van der Waals surface area (Å²) in [5.74, 6) is -0.487. The summed E-state index contributed by atoms with van der Waals surface area (Å²) < 4.78 is 0.789. The second-order valence-electron chi connectivity index (χ2n) is 3.25. The van der Waals surface area contributed by atoms with Gasteiger partial charge in [0, 0.05) is 0 Å². The lowest BCUT2D eigenvalue weighted by Gasteiger charge is -2.00. The van der Waals surface area contributed by atoms with Crippen molar-refractivity contribution in [1.82, 2.24) is 4.98 Å². The average molecular weight is 222 g/mol. The Balaban J connectivity index is 2.79. The maximum atomic E-state index is 11.2. The second kappa shape index (κ2) is 3.60. The third-order valence-corrected chi connectivity index (χ3v) is 3.12. The van der Waals surface area contributed by atoms with Gasteiger partial charge in [0.2, 0.25) is 5.91 Å². The van der Waals surface area contributed by atoms with Crippen molar-refractivity contribution >= 4 is 27.5 Å². The first kappa shape index (κ1) is 10.1. The Morgan fingerprint density at radius 2 is 2.33 bits per heavy atom. The van der Waals surface area contributed by atoms with E-state index in [1.807, 2.05) is 6.92 Å². The monoisotopic (exact) mass is 222 g/mol. The summed E-state index contributed by atoms with van der Waals surface area (Å²) in [6.45, 7) is 1.75. The van der Waals surface area contributed by atoms with Crippen LogP contribution in [0.4, 0.5) is 0 Å². The molecule has 1 aromatic carbocycles. The third kappa shape index (κ3) is 1.71. The predicted octanol–water partition coefficient (Wildman–Crippen LogP) is 1.20. The fraction of sp³-hybridized carbons (Fsp3) is 0.200. The summed E-state index contributed by atoms with van der Waals surface area (Å²) in [5, 5.41) is 9.91. The average Bonchev–Trinajstić information content (AvgIpc) is 2.55. The van der Waals surface area contributed by atoms with Gasteiger partial charge in [-0.15, -0.1) is 11.3 Å². The number of carbonyl (C=O) groups excluding carboxylic acids is 1. The van der Waals surface area contributed by atoms with Crippen molar-refractivity contribution in [3.8, 4) is 0 Å². The molecule has 0 saturated heterocycles. The Bertz CT molecular complexity index is 533. The van der Waals surface area contributed by atoms with E-state index in [1.54, 1.807) is 12.1 Å². The van der Waals surface area contributed by atoms with E-state index in [1.165, 1.54) is 11.3 Å². The summed E-state index contributed by atoms with van der Waals surface area (Å²) in [4.78, 5) is 15.5. The van der Waals surface area contributed by atoms with Crippen LogP contribution >= 0.6 is 11.3 Å². The van der Waals surface area contributed by atoms with Crippen LogP contribution in [0.15, 0.2) is 12.1 Å². The Morgan fingerprint density at radius 1 is 1.60 bits per heavy atom. The SMILES string of the molecule is Cc1nc2cc(CO)cc(C(N)=O)c2s1. The molecule has 0 aliphatic carbocycles. The summed E-state index contributed by atoms with van der Waals surface area (Å²) in [6.07, 6.45) is 0. The Hall–Kier alpha value is -1.46. The number of fused-ring (bicyclic) bond motifs is 1. The molecule has 15 heavy (non-hydrogen) atoms. The fourth-order valence-electron chi connectivity index (χ4n) is 1.48. The molecule has 1 heterocycles. The van der Waals surface area contributed by atoms with Crippen LogP contribution in [0.2, 0.25) is 0 Å². The first-order valence-electron chi connectivity index (χ1n) is 4.42. The summed E-state index contributed by atoms with van der Waals surface area (Å²) in [6, 6.07) is 3.38. The lowest BCUT2D eigenvalue weighted by Crippen LogP contribution is -2.11. The first-order valence-corrected chi connectivity index (χ1v) is 5.24. The number of benzene rings is 1. The maximum Gasteiger partial charge on any atom is 0.250 e. The predicted molar refractivity (Wildman–Crippen MR) is 58.8 cm³/mol. The molecule has 5 heteroatoms. The highest BCUT2D eigenvalue weighted by atomic mass is 32.1. The fourth-order valence-corrected chi connectivity index (χ4v) is 2.39. The van der Waals surface area contributed by atoms with Crippen LogP contribution in [0.1, 0.15) is 20.9 Å². The highest BCUT2D eigenvalue weighted by Crippen LogP contribution is 2.26. The molecule has 0 bridgehead atoms. The van der Waals surface area contributed by atoms with E-state index >= 15 is 0 Å². The summed E-state index contributed by atoms with van der Waals surface area (Å²) in [7, 11) is 0. The Morgan fingerprint density at radius 3 is 2.93 bits per heavy atom. The van der Waals surface area contributed by atoms with Gasteiger partial charge in [-0.2, -0.15) is 0 Å². The quantitative estimate of drug-likeness (QED) is 0.801. The van der Waals surface area contributed by atoms with Crippen molar-refractivity contribution in [1.29, 1.82) is 0 Å². The van der Waals surface area contributed by atoms with Gasteiger partial charge in [0.05, 0.1) is 27.4 Å². The number of primary amides is 1. The van der Waals surface area contributed by atoms with Gasteiger partial charge in [-0.1, -0.05) is 0 Å². The van der Waals surface area contributed by atoms with Crippen molar-refractivity contribution in [3.05, 3.63) is 28.3 Å². The lowest BCUT2D eigenvalue weighted by molar-refractivity contribution is 0.100. The van der Waals surface area contributed by atoms with Gasteiger partial charge in [-0.3, -0.25) is 4.79 Å². The molecule has 78 valence electrons. The molecule has 0 aliphatic rings. The van der Waals surface area contributed by atoms with Crippen LogP contribution < -0.4 is 5.73 Å². The summed E-state index contributed by atoms with van der Waals surface area (Å²) in [5.41, 5.74) is 7.08. The number of amides is 1. The van der Waals surface area contributed by atoms with E-state index in [0.29, 0.717) is 11.1 Å². The van der Waals surface area contributed by atoms with Gasteiger partial charge < -0.3 is 10.8 Å². The molecule has 2 rings (SSSR count). The molecule has 2 aromatic rings. The molecule has 0 spiro atoms. The normalized spacial score (nSPS) is 10.8. The number of aliphatic hydroxyl groups is 1. The standard InChI is InChI=1S/C10H10N2O2S/c1-5-12-8-3-6(4-13)2-7(10(11)14)9(8)15-5/h2-3,13H,4H2,1H3,(H2,11,14). The van der Waals surface area contributed by atoms with Gasteiger partial charge in [-0.25, -0.2) is 4.98 Å². The van der Waals surface area contributed by atoms with Crippen molar-refractivity contribution in [3.63, 3.8) is 0 Å². The second-order valence-corrected chi connectivity index (χ2v) is 4.45. The van der Waals surface area contributed by atoms with Crippen molar-refractivity contribution in [2.24, 2.45) is 5.73 Å². The minimum atomic E-state index is -0.487. The smallest absolute Gasteiger partial charge is 0.250 e. The number of nitrogens with two attached hydrogens (primary N) is 1. The number of hydrogen-bond donors (Lipinski definition) is 2. The number of aliphatic hydroxyl groups excluding tert-OH is 1. The molecule has 0 saturated carbocycles. The van der Waals surface area contributed by atoms with Gasteiger partial charge in [-0.05, 0) is 24.6 Å². The minimum Gasteiger partial charge on any atom is -0.392 e. The Labute approximate surface area is 90.4 Å². The number of thiazole rings is 1. The molecule has 0 fully saturated rings. The maximum absolute atomic E-state index is 11.2. The number of aromatic nitrogens is 1. The van der Waals surface area contributed by atoms with Crippen LogP contribution in [-0.2, 0) is 6.61 Å². The number of aryl methyl sites for hydroxylation is 1. The Kier molecular flexibility index (Phi) is 2.42. The number of hydrogen-bond acceptors (Lipinski definition) is 4. The number of carbonyl (C=O) groups is 1. The van der Waals surface area contributed by atoms with E-state index in [9.17, 15) is 4.79 Å². The number of nitrogens with zero attached hydrogens (tertiary/aromatic N) is 1. The first-order chi connectivity index (χ1) is 7.11. The molecule has 0 atom stereocenters. The molecule has 0 aliphatic heterocycles. The highest BCUT2D eigenvalue weighted by Gasteiger charge is 2.12. The molecule has 0 radical (unpaired) electrons. The topological polar surface area (TPSA) is 76.2 Å². The van der Waals surface area contributed by atoms with Crippen molar-refractivity contribution in [2.45, 2.75) is 13.5 Å². The zero-order valence-electron chi connectivity index (χ0n) is 8.15. The molecule has 0 unspecified atom stereocenters. The van der Waals surface area contributed by atoms with Crippen LogP contribution in [0, 0.1) is 6.92 Å². The lowest BCUT2D eigenvalue weighted by atomic mass is 10.1. The molecule has 4 nitrogen and oxygen atoms in total. The molecular weight excluding hydrogens is 212 g/mol. The van der Waals surface area contributed by atoms with E-state index in [0.717, 1.165) is 15.2 Å². The van der Waals surface area contributed by atoms with Crippen LogP contribution in [0.25, 0.3) is 10.2 Å². The highest BCUT2D eigenvalue weighted by molar-refractivity contribution is 7.18. The van der Waals surface area contributed by atoms with Crippen molar-refractivity contribution < 1.29 is 9.90 Å². The van der Waals surface area contributed by atoms with Gasteiger partial charge in [0.25, 0.3) is 0 Å². The molecule has 1 amide bonds. The summed E-state index contributed by atoms with van der Waals surface area (Å²) >= 11 is 1.43. The van der Waals surface area contributed by atoms with Crippen LogP contribution in [-0.4, -0.2) is 16.0 Å². The van der Waals surface area contributed by atoms with Crippen molar-refractivity contribution in [2.75, 3.05) is 0 Å². The molecular formula is C10H10N2O2S.